The van der Waals surface area contributed by atoms with Crippen molar-refractivity contribution in [2.24, 2.45) is 0 Å². The molecule has 0 radical (unpaired) electrons. The van der Waals surface area contributed by atoms with Crippen LogP contribution >= 0.6 is 0 Å². The molecule has 0 aliphatic carbocycles. The molecule has 0 saturated carbocycles. The summed E-state index contributed by atoms with van der Waals surface area (Å²) in [4.78, 5) is 21.2. The largest absolute Gasteiger partial charge is 0.465 e. The van der Waals surface area contributed by atoms with Crippen molar-refractivity contribution in [2.75, 3.05) is 7.11 Å². The van der Waals surface area contributed by atoms with Gasteiger partial charge < -0.3 is 4.74 Å². The van der Waals surface area contributed by atoms with Gasteiger partial charge in [-0.1, -0.05) is 26.2 Å². The lowest BCUT2D eigenvalue weighted by atomic mass is 10.1. The molecule has 3 nitrogen and oxygen atoms in total. The van der Waals surface area contributed by atoms with E-state index in [-0.39, 0.29) is 5.57 Å². The molecule has 0 aromatic heterocycles. The molecule has 0 fully saturated rings. The lowest BCUT2D eigenvalue weighted by Crippen LogP contribution is -2.05. The number of methoxy groups -OCH3 is 1. The van der Waals surface area contributed by atoms with E-state index in [4.69, 9.17) is 0 Å². The minimum absolute atomic E-state index is 0.124. The van der Waals surface area contributed by atoms with Gasteiger partial charge >= 0.3 is 5.97 Å². The zero-order valence-corrected chi connectivity index (χ0v) is 8.26. The standard InChI is InChI=1S/C10H16O3/c1-3-4-5-6-7-9(8-11)10(12)13-2/h3-7H2,1-2H3. The number of unbranched alkanes of at least 4 members (excludes halogenated alkanes) is 3. The van der Waals surface area contributed by atoms with Crippen LogP contribution in [0.4, 0.5) is 0 Å². The third-order valence-electron chi connectivity index (χ3n) is 1.84. The first-order valence-corrected chi connectivity index (χ1v) is 4.58. The summed E-state index contributed by atoms with van der Waals surface area (Å²) < 4.78 is 4.42. The zero-order chi connectivity index (χ0) is 10.1. The molecule has 0 bridgehead atoms. The molecule has 0 aliphatic heterocycles. The number of rotatable bonds is 6. The van der Waals surface area contributed by atoms with Crippen molar-refractivity contribution in [1.82, 2.24) is 0 Å². The summed E-state index contributed by atoms with van der Waals surface area (Å²) in [6.45, 7) is 2.11. The third-order valence-corrected chi connectivity index (χ3v) is 1.84. The molecule has 0 rings (SSSR count). The summed E-state index contributed by atoms with van der Waals surface area (Å²) in [6.07, 6.45) is 4.65. The van der Waals surface area contributed by atoms with Gasteiger partial charge in [0.1, 0.15) is 11.5 Å². The highest BCUT2D eigenvalue weighted by Gasteiger charge is 2.09. The Hall–Kier alpha value is -1.08. The van der Waals surface area contributed by atoms with Crippen LogP contribution in [0.5, 0.6) is 0 Å². The van der Waals surface area contributed by atoms with Gasteiger partial charge in [-0.2, -0.15) is 0 Å². The molecule has 0 unspecified atom stereocenters. The molecule has 3 heteroatoms. The van der Waals surface area contributed by atoms with E-state index in [2.05, 4.69) is 11.7 Å². The Balaban J connectivity index is 3.75. The highest BCUT2D eigenvalue weighted by Crippen LogP contribution is 2.08. The average Bonchev–Trinajstić information content (AvgIpc) is 2.17. The van der Waals surface area contributed by atoms with Crippen molar-refractivity contribution in [1.29, 1.82) is 0 Å². The van der Waals surface area contributed by atoms with Crippen LogP contribution in [-0.2, 0) is 14.3 Å². The predicted octanol–water partition coefficient (Wildman–Crippen LogP) is 1.89. The SMILES string of the molecule is CCCCCCC(=C=O)C(=O)OC. The fourth-order valence-corrected chi connectivity index (χ4v) is 1.05. The highest BCUT2D eigenvalue weighted by molar-refractivity contribution is 5.96. The number of esters is 1. The second kappa shape index (κ2) is 7.56. The number of carbonyl (C=O) groups is 1. The summed E-state index contributed by atoms with van der Waals surface area (Å²) in [5, 5.41) is 0. The van der Waals surface area contributed by atoms with E-state index in [1.807, 2.05) is 0 Å². The van der Waals surface area contributed by atoms with Crippen LogP contribution in [-0.4, -0.2) is 19.0 Å². The maximum atomic E-state index is 10.9. The molecule has 0 spiro atoms. The molecule has 0 N–H and O–H groups in total. The van der Waals surface area contributed by atoms with Gasteiger partial charge in [-0.05, 0) is 12.8 Å². The van der Waals surface area contributed by atoms with E-state index in [1.165, 1.54) is 7.11 Å². The van der Waals surface area contributed by atoms with Crippen LogP contribution in [0, 0.1) is 0 Å². The molecule has 0 aromatic carbocycles. The van der Waals surface area contributed by atoms with Gasteiger partial charge in [0.15, 0.2) is 0 Å². The Morgan fingerprint density at radius 1 is 1.31 bits per heavy atom. The normalized spacial score (nSPS) is 9.08. The summed E-state index contributed by atoms with van der Waals surface area (Å²) >= 11 is 0. The first-order chi connectivity index (χ1) is 6.26. The smallest absolute Gasteiger partial charge is 0.344 e. The molecule has 0 heterocycles. The van der Waals surface area contributed by atoms with E-state index < -0.39 is 5.97 Å². The number of ether oxygens (including phenoxy) is 1. The molecule has 13 heavy (non-hydrogen) atoms. The lowest BCUT2D eigenvalue weighted by Gasteiger charge is -2.00. The topological polar surface area (TPSA) is 43.4 Å². The molecule has 74 valence electrons. The van der Waals surface area contributed by atoms with Crippen LogP contribution in [0.2, 0.25) is 0 Å². The van der Waals surface area contributed by atoms with Crippen molar-refractivity contribution in [3.05, 3.63) is 5.57 Å². The van der Waals surface area contributed by atoms with Crippen molar-refractivity contribution < 1.29 is 14.3 Å². The van der Waals surface area contributed by atoms with Crippen molar-refractivity contribution >= 4 is 11.9 Å². The van der Waals surface area contributed by atoms with Gasteiger partial charge in [-0.25, -0.2) is 9.59 Å². The van der Waals surface area contributed by atoms with E-state index in [1.54, 1.807) is 5.94 Å². The summed E-state index contributed by atoms with van der Waals surface area (Å²) in [5.41, 5.74) is 0.124. The minimum Gasteiger partial charge on any atom is -0.465 e. The van der Waals surface area contributed by atoms with Crippen LogP contribution < -0.4 is 0 Å². The number of hydrogen-bond acceptors (Lipinski definition) is 3. The average molecular weight is 184 g/mol. The third kappa shape index (κ3) is 5.21. The molecule has 0 aliphatic rings. The second-order valence-electron chi connectivity index (χ2n) is 2.88. The number of carbonyl (C=O) groups excluding carboxylic acids is 2. The molecular formula is C10H16O3. The van der Waals surface area contributed by atoms with E-state index in [0.717, 1.165) is 25.7 Å². The summed E-state index contributed by atoms with van der Waals surface area (Å²) in [7, 11) is 1.27. The van der Waals surface area contributed by atoms with E-state index in [0.29, 0.717) is 6.42 Å². The van der Waals surface area contributed by atoms with Crippen LogP contribution in [0.15, 0.2) is 5.57 Å². The first kappa shape index (κ1) is 11.9. The predicted molar refractivity (Wildman–Crippen MR) is 50.0 cm³/mol. The van der Waals surface area contributed by atoms with E-state index >= 15 is 0 Å². The Morgan fingerprint density at radius 3 is 2.46 bits per heavy atom. The highest BCUT2D eigenvalue weighted by atomic mass is 16.5. The quantitative estimate of drug-likeness (QED) is 0.274. The Bertz CT molecular complexity index is 202. The molecule has 0 amide bonds. The van der Waals surface area contributed by atoms with Crippen LogP contribution in [0.3, 0.4) is 0 Å². The minimum atomic E-state index is -0.550. The fraction of sp³-hybridized carbons (Fsp3) is 0.700. The number of hydrogen-bond donors (Lipinski definition) is 0. The monoisotopic (exact) mass is 184 g/mol. The zero-order valence-electron chi connectivity index (χ0n) is 8.26. The fourth-order valence-electron chi connectivity index (χ4n) is 1.05. The first-order valence-electron chi connectivity index (χ1n) is 4.58. The Morgan fingerprint density at radius 2 is 2.00 bits per heavy atom. The Labute approximate surface area is 78.8 Å². The van der Waals surface area contributed by atoms with Gasteiger partial charge in [0.05, 0.1) is 7.11 Å². The van der Waals surface area contributed by atoms with Crippen LogP contribution in [0.1, 0.15) is 39.0 Å². The summed E-state index contributed by atoms with van der Waals surface area (Å²) in [6, 6.07) is 0. The molecule has 0 aromatic rings. The second-order valence-corrected chi connectivity index (χ2v) is 2.88. The molecule has 0 atom stereocenters. The Kier molecular flexibility index (Phi) is 6.93. The van der Waals surface area contributed by atoms with Gasteiger partial charge in [0.2, 0.25) is 0 Å². The molecular weight excluding hydrogens is 168 g/mol. The van der Waals surface area contributed by atoms with Gasteiger partial charge in [0.25, 0.3) is 0 Å². The van der Waals surface area contributed by atoms with Crippen LogP contribution in [0.25, 0.3) is 0 Å². The maximum Gasteiger partial charge on any atom is 0.344 e. The van der Waals surface area contributed by atoms with Crippen molar-refractivity contribution in [2.45, 2.75) is 39.0 Å². The van der Waals surface area contributed by atoms with Gasteiger partial charge in [-0.15, -0.1) is 0 Å². The molecule has 0 saturated heterocycles. The van der Waals surface area contributed by atoms with E-state index in [9.17, 15) is 9.59 Å². The van der Waals surface area contributed by atoms with Gasteiger partial charge in [0, 0.05) is 0 Å². The van der Waals surface area contributed by atoms with Crippen molar-refractivity contribution in [3.8, 4) is 0 Å². The summed E-state index contributed by atoms with van der Waals surface area (Å²) in [5.74, 6) is 1.07. The van der Waals surface area contributed by atoms with Gasteiger partial charge in [-0.3, -0.25) is 0 Å². The maximum absolute atomic E-state index is 10.9. The lowest BCUT2D eigenvalue weighted by molar-refractivity contribution is -0.136. The van der Waals surface area contributed by atoms with Crippen molar-refractivity contribution in [3.63, 3.8) is 0 Å².